The van der Waals surface area contributed by atoms with Crippen LogP contribution in [0.1, 0.15) is 29.4 Å². The first kappa shape index (κ1) is 13.6. The van der Waals surface area contributed by atoms with Gasteiger partial charge in [-0.3, -0.25) is 9.59 Å². The Balaban J connectivity index is 1.78. The van der Waals surface area contributed by atoms with E-state index in [-0.39, 0.29) is 24.5 Å². The van der Waals surface area contributed by atoms with E-state index >= 15 is 0 Å². The molecule has 0 aromatic carbocycles. The molecule has 0 saturated heterocycles. The molecule has 0 unspecified atom stereocenters. The molecule has 1 aliphatic carbocycles. The van der Waals surface area contributed by atoms with Gasteiger partial charge in [-0.05, 0) is 37.3 Å². The van der Waals surface area contributed by atoms with Gasteiger partial charge in [0.15, 0.2) is 0 Å². The van der Waals surface area contributed by atoms with Crippen LogP contribution in [0.15, 0.2) is 17.5 Å². The SMILES string of the molecule is CCOC(=O)CN(C(=O)c1cc2sccc2s1)C1CC1. The van der Waals surface area contributed by atoms with Crippen LogP contribution in [-0.4, -0.2) is 36.0 Å². The smallest absolute Gasteiger partial charge is 0.325 e. The minimum Gasteiger partial charge on any atom is -0.465 e. The molecular weight excluding hydrogens is 294 g/mol. The third-order valence-corrected chi connectivity index (χ3v) is 5.28. The zero-order valence-electron chi connectivity index (χ0n) is 11.1. The normalized spacial score (nSPS) is 14.4. The number of thiophene rings is 2. The van der Waals surface area contributed by atoms with Crippen LogP contribution < -0.4 is 0 Å². The highest BCUT2D eigenvalue weighted by Gasteiger charge is 2.35. The quantitative estimate of drug-likeness (QED) is 0.797. The van der Waals surface area contributed by atoms with Crippen LogP contribution in [0, 0.1) is 0 Å². The van der Waals surface area contributed by atoms with Gasteiger partial charge in [-0.2, -0.15) is 0 Å². The predicted molar refractivity (Wildman–Crippen MR) is 80.4 cm³/mol. The van der Waals surface area contributed by atoms with Crippen molar-refractivity contribution in [3.63, 3.8) is 0 Å². The van der Waals surface area contributed by atoms with Crippen LogP contribution in [-0.2, 0) is 9.53 Å². The molecular formula is C14H15NO3S2. The molecule has 0 N–H and O–H groups in total. The molecule has 0 atom stereocenters. The monoisotopic (exact) mass is 309 g/mol. The van der Waals surface area contributed by atoms with Crippen LogP contribution in [0.5, 0.6) is 0 Å². The predicted octanol–water partition coefficient (Wildman–Crippen LogP) is 3.13. The van der Waals surface area contributed by atoms with Gasteiger partial charge in [0, 0.05) is 15.4 Å². The van der Waals surface area contributed by atoms with E-state index in [1.807, 2.05) is 17.5 Å². The number of amides is 1. The van der Waals surface area contributed by atoms with Crippen LogP contribution >= 0.6 is 22.7 Å². The Bertz CT molecular complexity index is 613. The van der Waals surface area contributed by atoms with Crippen LogP contribution in [0.3, 0.4) is 0 Å². The molecule has 0 spiro atoms. The maximum absolute atomic E-state index is 12.6. The maximum atomic E-state index is 12.6. The number of rotatable bonds is 5. The molecule has 20 heavy (non-hydrogen) atoms. The standard InChI is InChI=1S/C14H15NO3S2/c1-2-18-13(16)8-15(9-3-4-9)14(17)12-7-11-10(20-12)5-6-19-11/h5-7,9H,2-4,8H2,1H3. The fraction of sp³-hybridized carbons (Fsp3) is 0.429. The largest absolute Gasteiger partial charge is 0.465 e. The van der Waals surface area contributed by atoms with Crippen molar-refractivity contribution < 1.29 is 14.3 Å². The van der Waals surface area contributed by atoms with E-state index in [1.165, 1.54) is 11.3 Å². The summed E-state index contributed by atoms with van der Waals surface area (Å²) in [6, 6.07) is 4.15. The van der Waals surface area contributed by atoms with E-state index < -0.39 is 0 Å². The maximum Gasteiger partial charge on any atom is 0.325 e. The lowest BCUT2D eigenvalue weighted by Gasteiger charge is -2.20. The zero-order valence-corrected chi connectivity index (χ0v) is 12.8. The van der Waals surface area contributed by atoms with Gasteiger partial charge in [0.1, 0.15) is 6.54 Å². The van der Waals surface area contributed by atoms with Gasteiger partial charge >= 0.3 is 5.97 Å². The molecule has 1 saturated carbocycles. The molecule has 6 heteroatoms. The highest BCUT2D eigenvalue weighted by Crippen LogP contribution is 2.33. The number of hydrogen-bond donors (Lipinski definition) is 0. The lowest BCUT2D eigenvalue weighted by molar-refractivity contribution is -0.143. The fourth-order valence-electron chi connectivity index (χ4n) is 2.11. The molecule has 4 nitrogen and oxygen atoms in total. The molecule has 1 amide bonds. The Hall–Kier alpha value is -1.40. The zero-order chi connectivity index (χ0) is 14.1. The van der Waals surface area contributed by atoms with Gasteiger partial charge in [-0.25, -0.2) is 0 Å². The average molecular weight is 309 g/mol. The van der Waals surface area contributed by atoms with Crippen molar-refractivity contribution in [1.82, 2.24) is 4.90 Å². The summed E-state index contributed by atoms with van der Waals surface area (Å²) in [5.41, 5.74) is 0. The molecule has 2 heterocycles. The van der Waals surface area contributed by atoms with E-state index in [4.69, 9.17) is 4.74 Å². The van der Waals surface area contributed by atoms with Crippen molar-refractivity contribution in [2.24, 2.45) is 0 Å². The number of nitrogens with zero attached hydrogens (tertiary/aromatic N) is 1. The molecule has 2 aromatic heterocycles. The van der Waals surface area contributed by atoms with Crippen molar-refractivity contribution >= 4 is 43.9 Å². The summed E-state index contributed by atoms with van der Waals surface area (Å²) in [7, 11) is 0. The van der Waals surface area contributed by atoms with Gasteiger partial charge in [0.25, 0.3) is 5.91 Å². The van der Waals surface area contributed by atoms with E-state index in [0.717, 1.165) is 22.2 Å². The van der Waals surface area contributed by atoms with Crippen molar-refractivity contribution in [3.05, 3.63) is 22.4 Å². The molecule has 0 radical (unpaired) electrons. The Morgan fingerprint density at radius 1 is 1.40 bits per heavy atom. The first-order chi connectivity index (χ1) is 9.69. The van der Waals surface area contributed by atoms with E-state index in [1.54, 1.807) is 23.2 Å². The number of carbonyl (C=O) groups excluding carboxylic acids is 2. The van der Waals surface area contributed by atoms with Crippen molar-refractivity contribution in [1.29, 1.82) is 0 Å². The Labute approximate surface area is 125 Å². The number of esters is 1. The van der Waals surface area contributed by atoms with E-state index in [9.17, 15) is 9.59 Å². The lowest BCUT2D eigenvalue weighted by atomic mass is 10.3. The van der Waals surface area contributed by atoms with E-state index in [0.29, 0.717) is 11.5 Å². The highest BCUT2D eigenvalue weighted by atomic mass is 32.1. The topological polar surface area (TPSA) is 46.6 Å². The number of ether oxygens (including phenoxy) is 1. The summed E-state index contributed by atoms with van der Waals surface area (Å²) >= 11 is 3.12. The Morgan fingerprint density at radius 2 is 2.20 bits per heavy atom. The average Bonchev–Trinajstić information content (AvgIpc) is 3.02. The number of carbonyl (C=O) groups is 2. The second kappa shape index (κ2) is 5.54. The fourth-order valence-corrected chi connectivity index (χ4v) is 4.18. The Kier molecular flexibility index (Phi) is 3.76. The van der Waals surface area contributed by atoms with Crippen molar-refractivity contribution in [2.45, 2.75) is 25.8 Å². The highest BCUT2D eigenvalue weighted by molar-refractivity contribution is 7.27. The molecule has 3 rings (SSSR count). The van der Waals surface area contributed by atoms with Gasteiger partial charge in [-0.1, -0.05) is 0 Å². The second-order valence-electron chi connectivity index (χ2n) is 4.73. The van der Waals surface area contributed by atoms with E-state index in [2.05, 4.69) is 0 Å². The van der Waals surface area contributed by atoms with Crippen LogP contribution in [0.25, 0.3) is 9.40 Å². The van der Waals surface area contributed by atoms with Gasteiger partial charge in [-0.15, -0.1) is 22.7 Å². The summed E-state index contributed by atoms with van der Waals surface area (Å²) in [6.07, 6.45) is 1.95. The first-order valence-electron chi connectivity index (χ1n) is 6.62. The summed E-state index contributed by atoms with van der Waals surface area (Å²) in [6.45, 7) is 2.18. The molecule has 0 bridgehead atoms. The summed E-state index contributed by atoms with van der Waals surface area (Å²) in [5.74, 6) is -0.375. The molecule has 2 aromatic rings. The van der Waals surface area contributed by atoms with Crippen molar-refractivity contribution in [3.8, 4) is 0 Å². The minimum absolute atomic E-state index is 0.0473. The third kappa shape index (κ3) is 2.71. The summed E-state index contributed by atoms with van der Waals surface area (Å²) in [4.78, 5) is 26.6. The number of fused-ring (bicyclic) bond motifs is 1. The van der Waals surface area contributed by atoms with Gasteiger partial charge in [0.2, 0.25) is 0 Å². The van der Waals surface area contributed by atoms with Crippen LogP contribution in [0.2, 0.25) is 0 Å². The van der Waals surface area contributed by atoms with Gasteiger partial charge in [0.05, 0.1) is 11.5 Å². The number of hydrogen-bond acceptors (Lipinski definition) is 5. The first-order valence-corrected chi connectivity index (χ1v) is 8.32. The third-order valence-electron chi connectivity index (χ3n) is 3.20. The summed E-state index contributed by atoms with van der Waals surface area (Å²) in [5, 5.41) is 2.02. The molecule has 1 fully saturated rings. The lowest BCUT2D eigenvalue weighted by Crippen LogP contribution is -2.37. The Morgan fingerprint density at radius 3 is 2.85 bits per heavy atom. The molecule has 106 valence electrons. The summed E-state index contributed by atoms with van der Waals surface area (Å²) < 4.78 is 7.21. The minimum atomic E-state index is -0.328. The van der Waals surface area contributed by atoms with Crippen molar-refractivity contribution in [2.75, 3.05) is 13.2 Å². The molecule has 1 aliphatic rings. The van der Waals surface area contributed by atoms with Gasteiger partial charge < -0.3 is 9.64 Å². The second-order valence-corrected chi connectivity index (χ2v) is 6.76. The molecule has 0 aliphatic heterocycles. The van der Waals surface area contributed by atoms with Crippen LogP contribution in [0.4, 0.5) is 0 Å².